The van der Waals surface area contributed by atoms with Crippen LogP contribution in [0.4, 0.5) is 0 Å². The number of nitrogens with zero attached hydrogens (tertiary/aromatic N) is 2. The van der Waals surface area contributed by atoms with Gasteiger partial charge in [-0.25, -0.2) is 4.98 Å². The van der Waals surface area contributed by atoms with Crippen LogP contribution in [0, 0.1) is 0 Å². The zero-order valence-electron chi connectivity index (χ0n) is 15.7. The number of aromatic amines is 1. The van der Waals surface area contributed by atoms with Crippen molar-refractivity contribution in [1.82, 2.24) is 20.3 Å². The molecule has 28 heavy (non-hydrogen) atoms. The Morgan fingerprint density at radius 3 is 2.75 bits per heavy atom. The van der Waals surface area contributed by atoms with Gasteiger partial charge in [-0.05, 0) is 25.1 Å². The average molecular weight is 372 g/mol. The number of hydrogen-bond acceptors (Lipinski definition) is 4. The van der Waals surface area contributed by atoms with E-state index in [1.54, 1.807) is 25.7 Å². The summed E-state index contributed by atoms with van der Waals surface area (Å²) in [5.74, 6) is 0.663. The molecule has 0 bridgehead atoms. The van der Waals surface area contributed by atoms with Crippen LogP contribution in [-0.2, 0) is 0 Å². The van der Waals surface area contributed by atoms with Crippen molar-refractivity contribution in [3.05, 3.63) is 66.7 Å². The van der Waals surface area contributed by atoms with Crippen LogP contribution >= 0.6 is 0 Å². The van der Waals surface area contributed by atoms with Crippen LogP contribution in [0.5, 0.6) is 5.75 Å². The Hall–Kier alpha value is -3.67. The highest BCUT2D eigenvalue weighted by Gasteiger charge is 2.13. The molecule has 0 aliphatic heterocycles. The highest BCUT2D eigenvalue weighted by atomic mass is 16.5. The van der Waals surface area contributed by atoms with Gasteiger partial charge in [-0.2, -0.15) is 0 Å². The molecule has 140 valence electrons. The molecule has 2 N–H and O–H groups in total. The lowest BCUT2D eigenvalue weighted by molar-refractivity contribution is 0.0955. The van der Waals surface area contributed by atoms with Crippen molar-refractivity contribution in [3.63, 3.8) is 0 Å². The van der Waals surface area contributed by atoms with E-state index in [1.165, 1.54) is 0 Å². The van der Waals surface area contributed by atoms with E-state index in [2.05, 4.69) is 26.3 Å². The molecule has 0 fully saturated rings. The summed E-state index contributed by atoms with van der Waals surface area (Å²) in [4.78, 5) is 24.1. The third kappa shape index (κ3) is 3.20. The van der Waals surface area contributed by atoms with Gasteiger partial charge < -0.3 is 15.0 Å². The molecule has 1 amide bonds. The first-order chi connectivity index (χ1) is 13.7. The van der Waals surface area contributed by atoms with Gasteiger partial charge in [0.05, 0.1) is 12.7 Å². The number of carbonyl (C=O) groups is 1. The minimum atomic E-state index is -0.137. The van der Waals surface area contributed by atoms with Gasteiger partial charge in [-0.1, -0.05) is 18.2 Å². The summed E-state index contributed by atoms with van der Waals surface area (Å²) < 4.78 is 5.51. The number of methoxy groups -OCH3 is 1. The maximum atomic E-state index is 12.1. The quantitative estimate of drug-likeness (QED) is 0.554. The number of benzene rings is 1. The first-order valence-electron chi connectivity index (χ1n) is 9.05. The molecule has 0 atom stereocenters. The lowest BCUT2D eigenvalue weighted by Crippen LogP contribution is -2.22. The molecule has 0 spiro atoms. The van der Waals surface area contributed by atoms with Gasteiger partial charge in [0.1, 0.15) is 11.4 Å². The van der Waals surface area contributed by atoms with Crippen molar-refractivity contribution >= 4 is 16.9 Å². The molecule has 3 heterocycles. The number of H-pyrrole nitrogens is 1. The van der Waals surface area contributed by atoms with Crippen LogP contribution in [0.2, 0.25) is 0 Å². The number of para-hydroxylation sites is 1. The monoisotopic (exact) mass is 372 g/mol. The number of ether oxygens (including phenoxy) is 1. The molecule has 0 saturated heterocycles. The van der Waals surface area contributed by atoms with Gasteiger partial charge >= 0.3 is 0 Å². The standard InChI is InChI=1S/C22H20N4O2/c1-3-24-22(27)16-8-14(10-23-11-16)15-9-18-19(13-26-21(18)25-12-15)17-6-4-5-7-20(17)28-2/h4-13H,3H2,1-2H3,(H,24,27)(H,25,26). The average Bonchev–Trinajstić information content (AvgIpc) is 3.17. The van der Waals surface area contributed by atoms with E-state index in [1.807, 2.05) is 43.5 Å². The highest BCUT2D eigenvalue weighted by Crippen LogP contribution is 2.35. The summed E-state index contributed by atoms with van der Waals surface area (Å²) in [6, 6.07) is 11.8. The topological polar surface area (TPSA) is 79.9 Å². The van der Waals surface area contributed by atoms with Gasteiger partial charge in [0.25, 0.3) is 5.91 Å². The molecule has 0 aliphatic carbocycles. The molecule has 0 saturated carbocycles. The minimum absolute atomic E-state index is 0.137. The molecule has 0 radical (unpaired) electrons. The van der Waals surface area contributed by atoms with Crippen molar-refractivity contribution in [3.8, 4) is 28.0 Å². The second kappa shape index (κ2) is 7.52. The highest BCUT2D eigenvalue weighted by molar-refractivity contribution is 5.98. The van der Waals surface area contributed by atoms with E-state index in [9.17, 15) is 4.79 Å². The molecular weight excluding hydrogens is 352 g/mol. The molecule has 6 heteroatoms. The minimum Gasteiger partial charge on any atom is -0.496 e. The van der Waals surface area contributed by atoms with Crippen LogP contribution in [0.15, 0.2) is 61.2 Å². The molecule has 0 unspecified atom stereocenters. The summed E-state index contributed by atoms with van der Waals surface area (Å²) >= 11 is 0. The number of rotatable bonds is 5. The fraction of sp³-hybridized carbons (Fsp3) is 0.136. The first kappa shape index (κ1) is 17.7. The zero-order chi connectivity index (χ0) is 19.5. The van der Waals surface area contributed by atoms with Gasteiger partial charge in [0.2, 0.25) is 0 Å². The number of carbonyl (C=O) groups excluding carboxylic acids is 1. The van der Waals surface area contributed by atoms with E-state index in [-0.39, 0.29) is 5.91 Å². The van der Waals surface area contributed by atoms with Crippen molar-refractivity contribution in [2.75, 3.05) is 13.7 Å². The summed E-state index contributed by atoms with van der Waals surface area (Å²) in [5, 5.41) is 3.77. The molecule has 0 aliphatic rings. The Kier molecular flexibility index (Phi) is 4.76. The molecule has 3 aromatic heterocycles. The fourth-order valence-electron chi connectivity index (χ4n) is 3.24. The second-order valence-corrected chi connectivity index (χ2v) is 6.34. The van der Waals surface area contributed by atoms with E-state index >= 15 is 0 Å². The zero-order valence-corrected chi connectivity index (χ0v) is 15.7. The summed E-state index contributed by atoms with van der Waals surface area (Å²) in [5.41, 5.74) is 5.04. The largest absolute Gasteiger partial charge is 0.496 e. The van der Waals surface area contributed by atoms with Crippen molar-refractivity contribution in [2.45, 2.75) is 6.92 Å². The lowest BCUT2D eigenvalue weighted by Gasteiger charge is -2.08. The molecule has 6 nitrogen and oxygen atoms in total. The summed E-state index contributed by atoms with van der Waals surface area (Å²) in [7, 11) is 1.66. The lowest BCUT2D eigenvalue weighted by atomic mass is 10.0. The van der Waals surface area contributed by atoms with Gasteiger partial charge in [0, 0.05) is 59.0 Å². The normalized spacial score (nSPS) is 10.8. The van der Waals surface area contributed by atoms with E-state index in [0.717, 1.165) is 39.0 Å². The van der Waals surface area contributed by atoms with Crippen LogP contribution in [0.25, 0.3) is 33.3 Å². The smallest absolute Gasteiger partial charge is 0.252 e. The van der Waals surface area contributed by atoms with Gasteiger partial charge in [-0.15, -0.1) is 0 Å². The number of fused-ring (bicyclic) bond motifs is 1. The van der Waals surface area contributed by atoms with E-state index < -0.39 is 0 Å². The number of pyridine rings is 2. The van der Waals surface area contributed by atoms with Crippen molar-refractivity contribution in [2.24, 2.45) is 0 Å². The van der Waals surface area contributed by atoms with Gasteiger partial charge in [-0.3, -0.25) is 9.78 Å². The Balaban J connectivity index is 1.81. The van der Waals surface area contributed by atoms with Crippen molar-refractivity contribution < 1.29 is 9.53 Å². The molecule has 1 aromatic carbocycles. The van der Waals surface area contributed by atoms with Gasteiger partial charge in [0.15, 0.2) is 0 Å². The first-order valence-corrected chi connectivity index (χ1v) is 9.05. The van der Waals surface area contributed by atoms with E-state index in [0.29, 0.717) is 12.1 Å². The third-order valence-electron chi connectivity index (χ3n) is 4.60. The Labute approximate surface area is 162 Å². The maximum absolute atomic E-state index is 12.1. The summed E-state index contributed by atoms with van der Waals surface area (Å²) in [6.07, 6.45) is 7.02. The molecule has 4 rings (SSSR count). The predicted octanol–water partition coefficient (Wildman–Crippen LogP) is 4.05. The van der Waals surface area contributed by atoms with Crippen LogP contribution in [0.3, 0.4) is 0 Å². The van der Waals surface area contributed by atoms with Crippen LogP contribution in [-0.4, -0.2) is 34.5 Å². The Morgan fingerprint density at radius 1 is 1.11 bits per heavy atom. The molecule has 4 aromatic rings. The Bertz CT molecular complexity index is 1150. The summed E-state index contributed by atoms with van der Waals surface area (Å²) in [6.45, 7) is 2.46. The number of hydrogen-bond donors (Lipinski definition) is 2. The predicted molar refractivity (Wildman–Crippen MR) is 109 cm³/mol. The second-order valence-electron chi connectivity index (χ2n) is 6.34. The maximum Gasteiger partial charge on any atom is 0.252 e. The van der Waals surface area contributed by atoms with Crippen molar-refractivity contribution in [1.29, 1.82) is 0 Å². The SMILES string of the molecule is CCNC(=O)c1cncc(-c2cnc3[nH]cc(-c4ccccc4OC)c3c2)c1. The fourth-order valence-corrected chi connectivity index (χ4v) is 3.24. The Morgan fingerprint density at radius 2 is 1.93 bits per heavy atom. The number of amides is 1. The third-order valence-corrected chi connectivity index (χ3v) is 4.60. The van der Waals surface area contributed by atoms with E-state index in [4.69, 9.17) is 4.74 Å². The van der Waals surface area contributed by atoms with Crippen LogP contribution < -0.4 is 10.1 Å². The molecular formula is C22H20N4O2. The van der Waals surface area contributed by atoms with Crippen LogP contribution in [0.1, 0.15) is 17.3 Å². The number of nitrogens with one attached hydrogen (secondary N) is 2. The number of aromatic nitrogens is 3.